The maximum Gasteiger partial charge on any atom is 0.220 e. The van der Waals surface area contributed by atoms with Crippen LogP contribution in [0.3, 0.4) is 0 Å². The minimum absolute atomic E-state index is 0.00134. The van der Waals surface area contributed by atoms with Crippen molar-refractivity contribution in [2.75, 3.05) is 19.7 Å². The summed E-state index contributed by atoms with van der Waals surface area (Å²) in [5.41, 5.74) is 2.46. The quantitative estimate of drug-likeness (QED) is 0.808. The van der Waals surface area contributed by atoms with Crippen LogP contribution in [0.2, 0.25) is 0 Å². The molecule has 4 nitrogen and oxygen atoms in total. The minimum atomic E-state index is 0.00134. The molecule has 1 aromatic carbocycles. The van der Waals surface area contributed by atoms with Crippen molar-refractivity contribution in [2.45, 2.75) is 45.2 Å². The Morgan fingerprint density at radius 3 is 2.43 bits per heavy atom. The molecule has 2 N–H and O–H groups in total. The van der Waals surface area contributed by atoms with Crippen LogP contribution < -0.4 is 5.32 Å². The Balaban J connectivity index is 1.74. The molecule has 21 heavy (non-hydrogen) atoms. The van der Waals surface area contributed by atoms with E-state index in [1.807, 2.05) is 0 Å². The standard InChI is InChI=1S/C17H26N2O2/c20-12-4-5-17(21)18-13-15-6-8-16(9-7-15)14-19-10-2-1-3-11-19/h6-9,20H,1-5,10-14H2,(H,18,21). The van der Waals surface area contributed by atoms with Crippen molar-refractivity contribution in [3.05, 3.63) is 35.4 Å². The highest BCUT2D eigenvalue weighted by molar-refractivity contribution is 5.75. The average molecular weight is 290 g/mol. The van der Waals surface area contributed by atoms with E-state index >= 15 is 0 Å². The Morgan fingerprint density at radius 1 is 1.10 bits per heavy atom. The van der Waals surface area contributed by atoms with Crippen molar-refractivity contribution in [1.29, 1.82) is 0 Å². The van der Waals surface area contributed by atoms with Gasteiger partial charge in [-0.2, -0.15) is 0 Å². The summed E-state index contributed by atoms with van der Waals surface area (Å²) >= 11 is 0. The summed E-state index contributed by atoms with van der Waals surface area (Å²) < 4.78 is 0. The molecule has 1 heterocycles. The fourth-order valence-corrected chi connectivity index (χ4v) is 2.67. The average Bonchev–Trinajstić information content (AvgIpc) is 2.53. The van der Waals surface area contributed by atoms with Crippen LogP contribution in [0.1, 0.15) is 43.2 Å². The Morgan fingerprint density at radius 2 is 1.76 bits per heavy atom. The van der Waals surface area contributed by atoms with Crippen molar-refractivity contribution in [1.82, 2.24) is 10.2 Å². The zero-order valence-electron chi connectivity index (χ0n) is 12.7. The maximum absolute atomic E-state index is 11.5. The predicted molar refractivity (Wildman–Crippen MR) is 83.7 cm³/mol. The van der Waals surface area contributed by atoms with Crippen molar-refractivity contribution in [3.63, 3.8) is 0 Å². The van der Waals surface area contributed by atoms with Crippen molar-refractivity contribution in [3.8, 4) is 0 Å². The summed E-state index contributed by atoms with van der Waals surface area (Å²) in [6.45, 7) is 4.08. The summed E-state index contributed by atoms with van der Waals surface area (Å²) in [6.07, 6.45) is 4.92. The molecule has 1 aliphatic heterocycles. The van der Waals surface area contributed by atoms with Crippen molar-refractivity contribution >= 4 is 5.91 Å². The van der Waals surface area contributed by atoms with Gasteiger partial charge >= 0.3 is 0 Å². The molecule has 0 radical (unpaired) electrons. The Kier molecular flexibility index (Phi) is 6.70. The van der Waals surface area contributed by atoms with Gasteiger partial charge in [0, 0.05) is 26.1 Å². The molecular weight excluding hydrogens is 264 g/mol. The third-order valence-corrected chi connectivity index (χ3v) is 3.93. The van der Waals surface area contributed by atoms with Crippen LogP contribution in [-0.2, 0) is 17.9 Å². The number of nitrogens with zero attached hydrogens (tertiary/aromatic N) is 1. The molecule has 1 saturated heterocycles. The smallest absolute Gasteiger partial charge is 0.220 e. The van der Waals surface area contributed by atoms with Gasteiger partial charge in [0.05, 0.1) is 0 Å². The minimum Gasteiger partial charge on any atom is -0.396 e. The zero-order chi connectivity index (χ0) is 14.9. The van der Waals surface area contributed by atoms with E-state index in [1.165, 1.54) is 37.9 Å². The molecule has 2 rings (SSSR count). The summed E-state index contributed by atoms with van der Waals surface area (Å²) in [5.74, 6) is 0.00134. The van der Waals surface area contributed by atoms with Crippen molar-refractivity contribution < 1.29 is 9.90 Å². The molecule has 4 heteroatoms. The third-order valence-electron chi connectivity index (χ3n) is 3.93. The number of likely N-dealkylation sites (tertiary alicyclic amines) is 1. The lowest BCUT2D eigenvalue weighted by atomic mass is 10.1. The molecule has 116 valence electrons. The van der Waals surface area contributed by atoms with Gasteiger partial charge in [-0.3, -0.25) is 9.69 Å². The largest absolute Gasteiger partial charge is 0.396 e. The van der Waals surface area contributed by atoms with Gasteiger partial charge in [-0.1, -0.05) is 30.7 Å². The molecule has 0 aliphatic carbocycles. The van der Waals surface area contributed by atoms with Gasteiger partial charge in [0.25, 0.3) is 0 Å². The SMILES string of the molecule is O=C(CCCO)NCc1ccc(CN2CCCCC2)cc1. The third kappa shape index (κ3) is 5.86. The summed E-state index contributed by atoms with van der Waals surface area (Å²) in [6, 6.07) is 8.49. The number of nitrogens with one attached hydrogen (secondary N) is 1. The summed E-state index contributed by atoms with van der Waals surface area (Å²) in [7, 11) is 0. The van der Waals surface area contributed by atoms with E-state index in [-0.39, 0.29) is 12.5 Å². The van der Waals surface area contributed by atoms with Crippen molar-refractivity contribution in [2.24, 2.45) is 0 Å². The Labute approximate surface area is 127 Å². The first kappa shape index (κ1) is 16.0. The van der Waals surface area contributed by atoms with Crippen LogP contribution in [0, 0.1) is 0 Å². The number of piperidine rings is 1. The number of aliphatic hydroxyl groups excluding tert-OH is 1. The van der Waals surface area contributed by atoms with E-state index < -0.39 is 0 Å². The molecule has 0 bridgehead atoms. The van der Waals surface area contributed by atoms with Crippen LogP contribution in [0.25, 0.3) is 0 Å². The first-order valence-corrected chi connectivity index (χ1v) is 7.95. The molecule has 0 atom stereocenters. The van der Waals surface area contributed by atoms with E-state index in [9.17, 15) is 4.79 Å². The highest BCUT2D eigenvalue weighted by Gasteiger charge is 2.10. The molecule has 0 saturated carbocycles. The second kappa shape index (κ2) is 8.80. The monoisotopic (exact) mass is 290 g/mol. The number of hydrogen-bond acceptors (Lipinski definition) is 3. The van der Waals surface area contributed by atoms with E-state index in [4.69, 9.17) is 5.11 Å². The number of carbonyl (C=O) groups excluding carboxylic acids is 1. The molecule has 1 aromatic rings. The topological polar surface area (TPSA) is 52.6 Å². The second-order valence-corrected chi connectivity index (χ2v) is 5.76. The summed E-state index contributed by atoms with van der Waals surface area (Å²) in [5, 5.41) is 11.6. The molecule has 0 unspecified atom stereocenters. The highest BCUT2D eigenvalue weighted by atomic mass is 16.3. The fraction of sp³-hybridized carbons (Fsp3) is 0.588. The van der Waals surface area contributed by atoms with Gasteiger partial charge in [-0.15, -0.1) is 0 Å². The molecule has 1 amide bonds. The van der Waals surface area contributed by atoms with E-state index in [0.717, 1.165) is 12.1 Å². The molecule has 0 aromatic heterocycles. The zero-order valence-corrected chi connectivity index (χ0v) is 12.7. The lowest BCUT2D eigenvalue weighted by molar-refractivity contribution is -0.121. The van der Waals surface area contributed by atoms with Gasteiger partial charge in [-0.05, 0) is 43.5 Å². The van der Waals surface area contributed by atoms with E-state index in [0.29, 0.717) is 19.4 Å². The number of aliphatic hydroxyl groups is 1. The molecule has 1 aliphatic rings. The second-order valence-electron chi connectivity index (χ2n) is 5.76. The van der Waals surface area contributed by atoms with E-state index in [2.05, 4.69) is 34.5 Å². The van der Waals surface area contributed by atoms with Crippen LogP contribution in [0.5, 0.6) is 0 Å². The van der Waals surface area contributed by atoms with E-state index in [1.54, 1.807) is 0 Å². The number of benzene rings is 1. The number of rotatable bonds is 7. The normalized spacial score (nSPS) is 15.9. The lowest BCUT2D eigenvalue weighted by Crippen LogP contribution is -2.29. The van der Waals surface area contributed by atoms with Crippen LogP contribution in [-0.4, -0.2) is 35.6 Å². The Bertz CT molecular complexity index is 425. The molecular formula is C17H26N2O2. The van der Waals surface area contributed by atoms with Crippen LogP contribution in [0.15, 0.2) is 24.3 Å². The first-order valence-electron chi connectivity index (χ1n) is 7.95. The molecule has 1 fully saturated rings. The predicted octanol–water partition coefficient (Wildman–Crippen LogP) is 2.06. The number of amides is 1. The number of carbonyl (C=O) groups is 1. The fourth-order valence-electron chi connectivity index (χ4n) is 2.67. The van der Waals surface area contributed by atoms with Gasteiger partial charge in [0.1, 0.15) is 0 Å². The van der Waals surface area contributed by atoms with Crippen LogP contribution in [0.4, 0.5) is 0 Å². The summed E-state index contributed by atoms with van der Waals surface area (Å²) in [4.78, 5) is 14.0. The lowest BCUT2D eigenvalue weighted by Gasteiger charge is -2.26. The maximum atomic E-state index is 11.5. The number of hydrogen-bond donors (Lipinski definition) is 2. The van der Waals surface area contributed by atoms with Gasteiger partial charge in [-0.25, -0.2) is 0 Å². The van der Waals surface area contributed by atoms with Gasteiger partial charge in [0.15, 0.2) is 0 Å². The van der Waals surface area contributed by atoms with Crippen LogP contribution >= 0.6 is 0 Å². The highest BCUT2D eigenvalue weighted by Crippen LogP contribution is 2.13. The Hall–Kier alpha value is -1.39. The first-order chi connectivity index (χ1) is 10.3. The van der Waals surface area contributed by atoms with Gasteiger partial charge < -0.3 is 10.4 Å². The molecule has 0 spiro atoms. The van der Waals surface area contributed by atoms with Gasteiger partial charge in [0.2, 0.25) is 5.91 Å².